The number of carbonyl (C=O) groups excluding carboxylic acids is 3. The van der Waals surface area contributed by atoms with Crippen LogP contribution in [0.4, 0.5) is 5.69 Å². The highest BCUT2D eigenvalue weighted by Crippen LogP contribution is 2.63. The van der Waals surface area contributed by atoms with Crippen molar-refractivity contribution in [3.63, 3.8) is 0 Å². The van der Waals surface area contributed by atoms with Crippen molar-refractivity contribution in [1.82, 2.24) is 5.43 Å². The van der Waals surface area contributed by atoms with Crippen LogP contribution in [-0.4, -0.2) is 29.0 Å². The molecule has 0 unspecified atom stereocenters. The lowest BCUT2D eigenvalue weighted by atomic mass is 9.47. The lowest BCUT2D eigenvalue weighted by Crippen LogP contribution is -2.54. The molecule has 196 valence electrons. The van der Waals surface area contributed by atoms with Crippen molar-refractivity contribution >= 4 is 29.6 Å². The van der Waals surface area contributed by atoms with Gasteiger partial charge in [0, 0.05) is 12.1 Å². The molecule has 0 aromatic heterocycles. The number of aryl methyl sites for hydroxylation is 1. The molecule has 1 saturated heterocycles. The van der Waals surface area contributed by atoms with Gasteiger partial charge in [0.15, 0.2) is 0 Å². The number of nitrogens with one attached hydrogen (secondary N) is 1. The second-order valence-corrected chi connectivity index (χ2v) is 10.6. The van der Waals surface area contributed by atoms with Gasteiger partial charge in [0.05, 0.1) is 28.5 Å². The molecule has 8 rings (SSSR count). The Kier molecular flexibility index (Phi) is 5.25. The van der Waals surface area contributed by atoms with Gasteiger partial charge in [0.25, 0.3) is 5.91 Å². The Bertz CT molecular complexity index is 1700. The number of para-hydroxylation sites is 1. The highest BCUT2D eigenvalue weighted by Gasteiger charge is 2.68. The van der Waals surface area contributed by atoms with E-state index in [0.717, 1.165) is 27.8 Å². The minimum Gasteiger partial charge on any atom is -0.507 e. The maximum atomic E-state index is 14.3. The van der Waals surface area contributed by atoms with Crippen molar-refractivity contribution < 1.29 is 19.5 Å². The Hall–Kier alpha value is -5.04. The smallest absolute Gasteiger partial charge is 0.275 e. The SMILES string of the molecule is Cc1ccc(N2C(=O)[C@H]3C4c5ccccc5C(/C=N/NC(=O)c5ccccc5O)(c5ccccc54)[C@H]3C2=O)cc1. The number of hydrazone groups is 1. The first-order chi connectivity index (χ1) is 19.4. The van der Waals surface area contributed by atoms with Gasteiger partial charge >= 0.3 is 0 Å². The van der Waals surface area contributed by atoms with E-state index in [2.05, 4.69) is 10.5 Å². The second kappa shape index (κ2) is 8.74. The van der Waals surface area contributed by atoms with Crippen LogP contribution in [0.5, 0.6) is 5.75 Å². The van der Waals surface area contributed by atoms with Gasteiger partial charge in [-0.1, -0.05) is 78.4 Å². The van der Waals surface area contributed by atoms with Crippen molar-refractivity contribution in [3.8, 4) is 5.75 Å². The van der Waals surface area contributed by atoms with Gasteiger partial charge in [-0.3, -0.25) is 14.4 Å². The molecule has 2 N–H and O–H groups in total. The average molecular weight is 528 g/mol. The topological polar surface area (TPSA) is 99.1 Å². The third kappa shape index (κ3) is 3.18. The van der Waals surface area contributed by atoms with Crippen LogP contribution >= 0.6 is 0 Å². The van der Waals surface area contributed by atoms with Crippen LogP contribution in [0.15, 0.2) is 102 Å². The summed E-state index contributed by atoms with van der Waals surface area (Å²) in [6.07, 6.45) is 1.61. The largest absolute Gasteiger partial charge is 0.507 e. The summed E-state index contributed by atoms with van der Waals surface area (Å²) in [6, 6.07) is 29.3. The van der Waals surface area contributed by atoms with Gasteiger partial charge < -0.3 is 5.11 Å². The summed E-state index contributed by atoms with van der Waals surface area (Å²) in [5.74, 6) is -2.91. The number of amides is 3. The molecule has 7 nitrogen and oxygen atoms in total. The van der Waals surface area contributed by atoms with E-state index >= 15 is 0 Å². The first-order valence-electron chi connectivity index (χ1n) is 13.2. The third-order valence-electron chi connectivity index (χ3n) is 8.56. The van der Waals surface area contributed by atoms with Crippen molar-refractivity contribution in [3.05, 3.63) is 130 Å². The number of nitrogens with zero attached hydrogens (tertiary/aromatic N) is 2. The highest BCUT2D eigenvalue weighted by atomic mass is 16.3. The summed E-state index contributed by atoms with van der Waals surface area (Å²) in [5, 5.41) is 14.5. The molecule has 1 fully saturated rings. The number of carbonyl (C=O) groups is 3. The van der Waals surface area contributed by atoms with E-state index in [0.29, 0.717) is 5.69 Å². The maximum absolute atomic E-state index is 14.3. The number of hydrogen-bond acceptors (Lipinski definition) is 5. The van der Waals surface area contributed by atoms with Crippen LogP contribution in [0, 0.1) is 18.8 Å². The van der Waals surface area contributed by atoms with Gasteiger partial charge in [0.1, 0.15) is 5.75 Å². The monoisotopic (exact) mass is 527 g/mol. The van der Waals surface area contributed by atoms with E-state index in [1.807, 2.05) is 67.6 Å². The summed E-state index contributed by atoms with van der Waals surface area (Å²) >= 11 is 0. The Morgan fingerprint density at radius 3 is 2.10 bits per heavy atom. The predicted octanol–water partition coefficient (Wildman–Crippen LogP) is 4.67. The van der Waals surface area contributed by atoms with Crippen molar-refractivity contribution in [2.24, 2.45) is 16.9 Å². The number of anilines is 1. The zero-order valence-electron chi connectivity index (χ0n) is 21.6. The van der Waals surface area contributed by atoms with Crippen LogP contribution in [0.2, 0.25) is 0 Å². The maximum Gasteiger partial charge on any atom is 0.275 e. The fourth-order valence-corrected chi connectivity index (χ4v) is 6.92. The fraction of sp³-hybridized carbons (Fsp3) is 0.152. The molecule has 4 aromatic rings. The number of aromatic hydroxyl groups is 1. The second-order valence-electron chi connectivity index (χ2n) is 10.6. The average Bonchev–Trinajstić information content (AvgIpc) is 3.24. The molecule has 0 spiro atoms. The molecule has 2 bridgehead atoms. The van der Waals surface area contributed by atoms with E-state index in [9.17, 15) is 19.5 Å². The highest BCUT2D eigenvalue weighted by molar-refractivity contribution is 6.25. The Morgan fingerprint density at radius 2 is 1.45 bits per heavy atom. The van der Waals surface area contributed by atoms with Gasteiger partial charge in [-0.05, 0) is 53.4 Å². The summed E-state index contributed by atoms with van der Waals surface area (Å²) in [7, 11) is 0. The van der Waals surface area contributed by atoms with Crippen LogP contribution in [0.1, 0.15) is 44.1 Å². The molecule has 1 aliphatic heterocycles. The Morgan fingerprint density at radius 1 is 0.850 bits per heavy atom. The van der Waals surface area contributed by atoms with Gasteiger partial charge in [-0.15, -0.1) is 0 Å². The molecule has 2 atom stereocenters. The zero-order chi connectivity index (χ0) is 27.6. The minimum absolute atomic E-state index is 0.0841. The molecule has 1 heterocycles. The first-order valence-corrected chi connectivity index (χ1v) is 13.2. The molecule has 0 radical (unpaired) electrons. The fourth-order valence-electron chi connectivity index (χ4n) is 6.92. The number of imide groups is 1. The molecular weight excluding hydrogens is 502 g/mol. The van der Waals surface area contributed by atoms with Gasteiger partial charge in [0.2, 0.25) is 11.8 Å². The number of rotatable bonds is 4. The van der Waals surface area contributed by atoms with Crippen LogP contribution < -0.4 is 10.3 Å². The van der Waals surface area contributed by atoms with Crippen molar-refractivity contribution in [2.45, 2.75) is 18.3 Å². The molecule has 3 amide bonds. The summed E-state index contributed by atoms with van der Waals surface area (Å²) in [5.41, 5.74) is 6.86. The van der Waals surface area contributed by atoms with Gasteiger partial charge in [-0.25, -0.2) is 10.3 Å². The normalized spacial score (nSPS) is 24.1. The standard InChI is InChI=1S/C33H25N3O4/c1-19-14-16-20(17-15-19)36-31(39)28-27-21-8-2-5-11-24(21)33(29(28)32(36)40,25-12-6-3-9-22(25)27)18-34-35-30(38)23-10-4-7-13-26(23)37/h2-18,27-29,37H,1H3,(H,35,38)/b34-18+/t27?,28-,29+,33?/m0/s1. The summed E-state index contributed by atoms with van der Waals surface area (Å²) in [6.45, 7) is 1.96. The van der Waals surface area contributed by atoms with E-state index in [1.54, 1.807) is 30.5 Å². The summed E-state index contributed by atoms with van der Waals surface area (Å²) in [4.78, 5) is 42.7. The third-order valence-corrected chi connectivity index (χ3v) is 8.56. The van der Waals surface area contributed by atoms with E-state index in [-0.39, 0.29) is 29.0 Å². The number of phenols is 1. The Balaban J connectivity index is 1.41. The van der Waals surface area contributed by atoms with E-state index in [4.69, 9.17) is 0 Å². The molecular formula is C33H25N3O4. The van der Waals surface area contributed by atoms with E-state index < -0.39 is 23.2 Å². The Labute approximate surface area is 230 Å². The molecule has 7 heteroatoms. The van der Waals surface area contributed by atoms with Crippen molar-refractivity contribution in [2.75, 3.05) is 4.90 Å². The lowest BCUT2D eigenvalue weighted by molar-refractivity contribution is -0.122. The summed E-state index contributed by atoms with van der Waals surface area (Å²) < 4.78 is 0. The van der Waals surface area contributed by atoms with Crippen molar-refractivity contribution in [1.29, 1.82) is 0 Å². The van der Waals surface area contributed by atoms with Crippen LogP contribution in [0.25, 0.3) is 0 Å². The molecule has 40 heavy (non-hydrogen) atoms. The predicted molar refractivity (Wildman–Crippen MR) is 150 cm³/mol. The van der Waals surface area contributed by atoms with E-state index in [1.165, 1.54) is 17.0 Å². The number of phenolic OH excluding ortho intramolecular Hbond substituents is 1. The minimum atomic E-state index is -1.09. The molecule has 0 saturated carbocycles. The molecule has 3 aliphatic carbocycles. The number of hydrogen-bond donors (Lipinski definition) is 2. The first kappa shape index (κ1) is 24.0. The lowest BCUT2D eigenvalue weighted by Gasteiger charge is -2.52. The zero-order valence-corrected chi connectivity index (χ0v) is 21.6. The molecule has 4 aromatic carbocycles. The van der Waals surface area contributed by atoms with Crippen LogP contribution in [0.3, 0.4) is 0 Å². The van der Waals surface area contributed by atoms with Gasteiger partial charge in [-0.2, -0.15) is 5.10 Å². The number of benzene rings is 4. The van der Waals surface area contributed by atoms with Crippen LogP contribution in [-0.2, 0) is 15.0 Å². The quantitative estimate of drug-likeness (QED) is 0.229. The molecule has 4 aliphatic rings.